The number of para-hydroxylation sites is 2. The molecule has 0 unspecified atom stereocenters. The van der Waals surface area contributed by atoms with Crippen LogP contribution in [-0.2, 0) is 0 Å². The first-order valence-electron chi connectivity index (χ1n) is 5.25. The van der Waals surface area contributed by atoms with Gasteiger partial charge in [0, 0.05) is 10.0 Å². The van der Waals surface area contributed by atoms with Gasteiger partial charge in [-0.15, -0.1) is 0 Å². The van der Waals surface area contributed by atoms with Crippen LogP contribution in [0.5, 0.6) is 0 Å². The molecule has 5 heteroatoms. The highest BCUT2D eigenvalue weighted by atomic mass is 79.9. The van der Waals surface area contributed by atoms with Gasteiger partial charge in [-0.3, -0.25) is 0 Å². The van der Waals surface area contributed by atoms with E-state index in [1.807, 2.05) is 36.4 Å². The molecule has 0 saturated heterocycles. The van der Waals surface area contributed by atoms with Crippen LogP contribution < -0.4 is 0 Å². The standard InChI is InChI=1S/C13H7BrCl2N2/c14-8-6-5-7(11(15)12(8)16)13-17-9-3-1-2-4-10(9)18-13/h1-6H,(H,17,18). The van der Waals surface area contributed by atoms with Crippen LogP contribution in [0.4, 0.5) is 0 Å². The van der Waals surface area contributed by atoms with E-state index in [1.165, 1.54) is 0 Å². The molecule has 0 radical (unpaired) electrons. The van der Waals surface area contributed by atoms with E-state index in [-0.39, 0.29) is 0 Å². The Hall–Kier alpha value is -1.03. The summed E-state index contributed by atoms with van der Waals surface area (Å²) in [6.07, 6.45) is 0. The van der Waals surface area contributed by atoms with Crippen molar-refractivity contribution in [1.82, 2.24) is 9.97 Å². The van der Waals surface area contributed by atoms with Crippen molar-refractivity contribution in [3.63, 3.8) is 0 Å². The molecule has 90 valence electrons. The summed E-state index contributed by atoms with van der Waals surface area (Å²) >= 11 is 15.7. The van der Waals surface area contributed by atoms with Crippen molar-refractivity contribution < 1.29 is 0 Å². The van der Waals surface area contributed by atoms with Crippen LogP contribution in [0.1, 0.15) is 0 Å². The minimum Gasteiger partial charge on any atom is -0.338 e. The molecule has 0 aliphatic rings. The predicted molar refractivity (Wildman–Crippen MR) is 79.2 cm³/mol. The van der Waals surface area contributed by atoms with Crippen molar-refractivity contribution >= 4 is 50.2 Å². The van der Waals surface area contributed by atoms with Gasteiger partial charge in [0.15, 0.2) is 0 Å². The molecule has 2 nitrogen and oxygen atoms in total. The molecule has 0 saturated carbocycles. The van der Waals surface area contributed by atoms with Gasteiger partial charge in [0.2, 0.25) is 0 Å². The lowest BCUT2D eigenvalue weighted by Gasteiger charge is -2.04. The van der Waals surface area contributed by atoms with Crippen molar-refractivity contribution in [2.45, 2.75) is 0 Å². The van der Waals surface area contributed by atoms with Gasteiger partial charge in [0.25, 0.3) is 0 Å². The monoisotopic (exact) mass is 340 g/mol. The number of aromatic amines is 1. The molecule has 0 aliphatic heterocycles. The summed E-state index contributed by atoms with van der Waals surface area (Å²) in [6, 6.07) is 11.6. The van der Waals surface area contributed by atoms with Gasteiger partial charge in [-0.1, -0.05) is 35.3 Å². The number of nitrogens with zero attached hydrogens (tertiary/aromatic N) is 1. The number of imidazole rings is 1. The van der Waals surface area contributed by atoms with E-state index in [1.54, 1.807) is 0 Å². The highest BCUT2D eigenvalue weighted by Crippen LogP contribution is 2.37. The molecule has 0 spiro atoms. The zero-order valence-corrected chi connectivity index (χ0v) is 12.1. The highest BCUT2D eigenvalue weighted by Gasteiger charge is 2.13. The normalized spacial score (nSPS) is 11.1. The van der Waals surface area contributed by atoms with Gasteiger partial charge in [0.1, 0.15) is 5.82 Å². The number of aromatic nitrogens is 2. The van der Waals surface area contributed by atoms with Crippen molar-refractivity contribution in [2.75, 3.05) is 0 Å². The van der Waals surface area contributed by atoms with E-state index in [2.05, 4.69) is 25.9 Å². The summed E-state index contributed by atoms with van der Waals surface area (Å²) in [5, 5.41) is 0.986. The Bertz CT molecular complexity index is 704. The average molecular weight is 342 g/mol. The molecule has 1 heterocycles. The maximum absolute atomic E-state index is 6.24. The number of benzene rings is 2. The lowest BCUT2D eigenvalue weighted by atomic mass is 10.2. The Labute approximate surface area is 122 Å². The molecule has 0 bridgehead atoms. The largest absolute Gasteiger partial charge is 0.338 e. The molecule has 0 fully saturated rings. The van der Waals surface area contributed by atoms with Crippen molar-refractivity contribution in [3.05, 3.63) is 50.9 Å². The van der Waals surface area contributed by atoms with Gasteiger partial charge in [-0.2, -0.15) is 0 Å². The molecule has 3 rings (SSSR count). The van der Waals surface area contributed by atoms with Crippen LogP contribution in [0.3, 0.4) is 0 Å². The summed E-state index contributed by atoms with van der Waals surface area (Å²) in [4.78, 5) is 7.73. The van der Waals surface area contributed by atoms with E-state index in [0.29, 0.717) is 10.0 Å². The zero-order chi connectivity index (χ0) is 12.7. The molecule has 1 aromatic heterocycles. The van der Waals surface area contributed by atoms with E-state index in [9.17, 15) is 0 Å². The van der Waals surface area contributed by atoms with Gasteiger partial charge < -0.3 is 4.98 Å². The SMILES string of the molecule is Clc1c(Br)ccc(-c2nc3ccccc3[nH]2)c1Cl. The first-order valence-corrected chi connectivity index (χ1v) is 6.80. The van der Waals surface area contributed by atoms with E-state index < -0.39 is 0 Å². The first kappa shape index (κ1) is 12.0. The fourth-order valence-corrected chi connectivity index (χ4v) is 2.65. The Kier molecular flexibility index (Phi) is 3.06. The number of hydrogen-bond donors (Lipinski definition) is 1. The molecule has 0 atom stereocenters. The molecular weight excluding hydrogens is 335 g/mol. The van der Waals surface area contributed by atoms with Crippen LogP contribution in [0.25, 0.3) is 22.4 Å². The second-order valence-electron chi connectivity index (χ2n) is 3.83. The summed E-state index contributed by atoms with van der Waals surface area (Å²) in [7, 11) is 0. The van der Waals surface area contributed by atoms with Crippen LogP contribution in [0, 0.1) is 0 Å². The second kappa shape index (κ2) is 4.57. The maximum atomic E-state index is 6.24. The fourth-order valence-electron chi connectivity index (χ4n) is 1.79. The van der Waals surface area contributed by atoms with Gasteiger partial charge >= 0.3 is 0 Å². The number of hydrogen-bond acceptors (Lipinski definition) is 1. The molecule has 1 N–H and O–H groups in total. The third-order valence-electron chi connectivity index (χ3n) is 2.68. The van der Waals surface area contributed by atoms with Gasteiger partial charge in [-0.05, 0) is 40.2 Å². The molecule has 0 amide bonds. The number of rotatable bonds is 1. The smallest absolute Gasteiger partial charge is 0.140 e. The Morgan fingerprint density at radius 1 is 1.00 bits per heavy atom. The topological polar surface area (TPSA) is 28.7 Å². The van der Waals surface area contributed by atoms with E-state index in [0.717, 1.165) is 26.9 Å². The molecule has 3 aromatic rings. The van der Waals surface area contributed by atoms with Crippen LogP contribution in [-0.4, -0.2) is 9.97 Å². The van der Waals surface area contributed by atoms with Gasteiger partial charge in [0.05, 0.1) is 21.1 Å². The third kappa shape index (κ3) is 1.92. The van der Waals surface area contributed by atoms with Crippen LogP contribution >= 0.6 is 39.1 Å². The summed E-state index contributed by atoms with van der Waals surface area (Å²) in [5.74, 6) is 0.718. The summed E-state index contributed by atoms with van der Waals surface area (Å²) < 4.78 is 0.772. The Morgan fingerprint density at radius 2 is 1.78 bits per heavy atom. The zero-order valence-electron chi connectivity index (χ0n) is 9.05. The predicted octanol–water partition coefficient (Wildman–Crippen LogP) is 5.30. The first-order chi connectivity index (χ1) is 8.66. The highest BCUT2D eigenvalue weighted by molar-refractivity contribution is 9.10. The Morgan fingerprint density at radius 3 is 2.56 bits per heavy atom. The number of H-pyrrole nitrogens is 1. The Balaban J connectivity index is 2.23. The van der Waals surface area contributed by atoms with Crippen molar-refractivity contribution in [2.24, 2.45) is 0 Å². The molecule has 18 heavy (non-hydrogen) atoms. The molecular formula is C13H7BrCl2N2. The van der Waals surface area contributed by atoms with E-state index in [4.69, 9.17) is 23.2 Å². The summed E-state index contributed by atoms with van der Waals surface area (Å²) in [5.41, 5.74) is 2.67. The second-order valence-corrected chi connectivity index (χ2v) is 5.44. The minimum absolute atomic E-state index is 0.491. The number of halogens is 3. The van der Waals surface area contributed by atoms with Crippen molar-refractivity contribution in [3.8, 4) is 11.4 Å². The third-order valence-corrected chi connectivity index (χ3v) is 4.45. The quantitative estimate of drug-likeness (QED) is 0.598. The fraction of sp³-hybridized carbons (Fsp3) is 0. The lowest BCUT2D eigenvalue weighted by Crippen LogP contribution is -1.84. The number of fused-ring (bicyclic) bond motifs is 1. The lowest BCUT2D eigenvalue weighted by molar-refractivity contribution is 1.33. The molecule has 0 aliphatic carbocycles. The van der Waals surface area contributed by atoms with Crippen LogP contribution in [0.15, 0.2) is 40.9 Å². The average Bonchev–Trinajstić information content (AvgIpc) is 2.79. The maximum Gasteiger partial charge on any atom is 0.140 e. The van der Waals surface area contributed by atoms with Gasteiger partial charge in [-0.25, -0.2) is 4.98 Å². The summed E-state index contributed by atoms with van der Waals surface area (Å²) in [6.45, 7) is 0. The van der Waals surface area contributed by atoms with E-state index >= 15 is 0 Å². The van der Waals surface area contributed by atoms with Crippen LogP contribution in [0.2, 0.25) is 10.0 Å². The number of nitrogens with one attached hydrogen (secondary N) is 1. The minimum atomic E-state index is 0.491. The van der Waals surface area contributed by atoms with Crippen molar-refractivity contribution in [1.29, 1.82) is 0 Å². The molecule has 2 aromatic carbocycles.